The van der Waals surface area contributed by atoms with Gasteiger partial charge in [0.1, 0.15) is 0 Å². The van der Waals surface area contributed by atoms with Crippen LogP contribution in [0.2, 0.25) is 0 Å². The van der Waals surface area contributed by atoms with E-state index in [2.05, 4.69) is 10.2 Å². The van der Waals surface area contributed by atoms with Gasteiger partial charge >= 0.3 is 0 Å². The van der Waals surface area contributed by atoms with Crippen molar-refractivity contribution < 1.29 is 9.84 Å². The van der Waals surface area contributed by atoms with Crippen LogP contribution in [0.5, 0.6) is 0 Å². The molecule has 3 rings (SSSR count). The van der Waals surface area contributed by atoms with E-state index in [1.807, 2.05) is 0 Å². The molecule has 0 aromatic carbocycles. The zero-order valence-electron chi connectivity index (χ0n) is 7.65. The van der Waals surface area contributed by atoms with Crippen LogP contribution in [-0.2, 0) is 4.74 Å². The van der Waals surface area contributed by atoms with Gasteiger partial charge in [-0.25, -0.2) is 0 Å². The van der Waals surface area contributed by atoms with Crippen molar-refractivity contribution in [2.45, 2.75) is 30.7 Å². The molecule has 2 bridgehead atoms. The van der Waals surface area contributed by atoms with Gasteiger partial charge in [0.05, 0.1) is 18.8 Å². The van der Waals surface area contributed by atoms with Gasteiger partial charge < -0.3 is 15.2 Å². The van der Waals surface area contributed by atoms with Crippen LogP contribution in [0, 0.1) is 0 Å². The average molecular weight is 184 g/mol. The minimum absolute atomic E-state index is 0.181. The molecule has 4 atom stereocenters. The highest BCUT2D eigenvalue weighted by atomic mass is 16.5. The van der Waals surface area contributed by atoms with Crippen LogP contribution >= 0.6 is 0 Å². The molecule has 3 aliphatic heterocycles. The quantitative estimate of drug-likeness (QED) is 0.537. The molecular formula is C9H16N2O2. The Balaban J connectivity index is 1.72. The number of fused-ring (bicyclic) bond motifs is 2. The number of β-amino-alcohol motifs (C(OH)–C–C–N with tert-alkyl or cyclic N) is 1. The SMILES string of the molecule is OC1CNCC1N1CC2CC1CO2. The maximum Gasteiger partial charge on any atom is 0.0832 e. The molecule has 3 saturated heterocycles. The Morgan fingerprint density at radius 2 is 2.31 bits per heavy atom. The number of rotatable bonds is 1. The molecular weight excluding hydrogens is 168 g/mol. The highest BCUT2D eigenvalue weighted by Gasteiger charge is 2.44. The summed E-state index contributed by atoms with van der Waals surface area (Å²) in [6.07, 6.45) is 1.43. The van der Waals surface area contributed by atoms with Crippen molar-refractivity contribution in [2.24, 2.45) is 0 Å². The van der Waals surface area contributed by atoms with E-state index in [1.54, 1.807) is 0 Å². The molecule has 3 aliphatic rings. The average Bonchev–Trinajstić information content (AvgIpc) is 2.77. The Morgan fingerprint density at radius 1 is 1.38 bits per heavy atom. The lowest BCUT2D eigenvalue weighted by Crippen LogP contribution is -2.49. The van der Waals surface area contributed by atoms with Crippen LogP contribution < -0.4 is 5.32 Å². The van der Waals surface area contributed by atoms with Gasteiger partial charge in [-0.1, -0.05) is 0 Å². The van der Waals surface area contributed by atoms with Crippen LogP contribution in [0.4, 0.5) is 0 Å². The van der Waals surface area contributed by atoms with E-state index in [0.717, 1.165) is 26.2 Å². The fourth-order valence-electron chi connectivity index (χ4n) is 2.82. The number of nitrogens with zero attached hydrogens (tertiary/aromatic N) is 1. The highest BCUT2D eigenvalue weighted by Crippen LogP contribution is 2.30. The van der Waals surface area contributed by atoms with Gasteiger partial charge in [-0.05, 0) is 6.42 Å². The van der Waals surface area contributed by atoms with E-state index < -0.39 is 0 Å². The fraction of sp³-hybridized carbons (Fsp3) is 1.00. The minimum Gasteiger partial charge on any atom is -0.390 e. The number of aliphatic hydroxyl groups is 1. The lowest BCUT2D eigenvalue weighted by atomic mass is 10.1. The molecule has 0 radical (unpaired) electrons. The predicted octanol–water partition coefficient (Wildman–Crippen LogP) is -1.21. The smallest absolute Gasteiger partial charge is 0.0832 e. The van der Waals surface area contributed by atoms with Gasteiger partial charge in [-0.2, -0.15) is 0 Å². The predicted molar refractivity (Wildman–Crippen MR) is 47.5 cm³/mol. The van der Waals surface area contributed by atoms with Gasteiger partial charge in [0.15, 0.2) is 0 Å². The third-order valence-electron chi connectivity index (χ3n) is 3.52. The Morgan fingerprint density at radius 3 is 2.85 bits per heavy atom. The second-order valence-corrected chi connectivity index (χ2v) is 4.33. The standard InChI is InChI=1S/C9H16N2O2/c12-9-3-10-2-8(9)11-4-7-1-6(11)5-13-7/h6-10,12H,1-5H2. The molecule has 74 valence electrons. The van der Waals surface area contributed by atoms with Gasteiger partial charge in [0.2, 0.25) is 0 Å². The van der Waals surface area contributed by atoms with Crippen molar-refractivity contribution in [1.82, 2.24) is 10.2 Å². The van der Waals surface area contributed by atoms with Crippen molar-refractivity contribution in [3.05, 3.63) is 0 Å². The topological polar surface area (TPSA) is 44.7 Å². The van der Waals surface area contributed by atoms with Crippen molar-refractivity contribution in [2.75, 3.05) is 26.2 Å². The van der Waals surface area contributed by atoms with E-state index in [9.17, 15) is 5.11 Å². The molecule has 3 fully saturated rings. The van der Waals surface area contributed by atoms with Gasteiger partial charge in [-0.3, -0.25) is 4.90 Å². The van der Waals surface area contributed by atoms with Gasteiger partial charge in [0.25, 0.3) is 0 Å². The van der Waals surface area contributed by atoms with E-state index in [4.69, 9.17) is 4.74 Å². The maximum absolute atomic E-state index is 9.73. The normalized spacial score (nSPS) is 50.5. The van der Waals surface area contributed by atoms with Crippen LogP contribution in [-0.4, -0.2) is 60.5 Å². The Labute approximate surface area is 77.9 Å². The first kappa shape index (κ1) is 8.17. The van der Waals surface area contributed by atoms with Crippen LogP contribution in [0.3, 0.4) is 0 Å². The molecule has 2 N–H and O–H groups in total. The van der Waals surface area contributed by atoms with E-state index in [-0.39, 0.29) is 6.10 Å². The summed E-state index contributed by atoms with van der Waals surface area (Å²) in [5.74, 6) is 0. The first-order valence-electron chi connectivity index (χ1n) is 5.11. The zero-order chi connectivity index (χ0) is 8.84. The fourth-order valence-corrected chi connectivity index (χ4v) is 2.82. The van der Waals surface area contributed by atoms with Crippen molar-refractivity contribution >= 4 is 0 Å². The number of nitrogens with one attached hydrogen (secondary N) is 1. The molecule has 0 aliphatic carbocycles. The molecule has 4 heteroatoms. The van der Waals surface area contributed by atoms with E-state index in [0.29, 0.717) is 18.2 Å². The summed E-state index contributed by atoms with van der Waals surface area (Å²) in [5, 5.41) is 13.0. The first-order valence-corrected chi connectivity index (χ1v) is 5.11. The molecule has 3 heterocycles. The number of morpholine rings is 1. The molecule has 0 aromatic heterocycles. The molecule has 4 unspecified atom stereocenters. The second-order valence-electron chi connectivity index (χ2n) is 4.33. The van der Waals surface area contributed by atoms with Gasteiger partial charge in [-0.15, -0.1) is 0 Å². The Bertz CT molecular complexity index is 212. The monoisotopic (exact) mass is 184 g/mol. The number of likely N-dealkylation sites (tertiary alicyclic amines) is 1. The summed E-state index contributed by atoms with van der Waals surface area (Å²) < 4.78 is 5.53. The summed E-state index contributed by atoms with van der Waals surface area (Å²) in [5.41, 5.74) is 0. The maximum atomic E-state index is 9.73. The largest absolute Gasteiger partial charge is 0.390 e. The van der Waals surface area contributed by atoms with E-state index >= 15 is 0 Å². The summed E-state index contributed by atoms with van der Waals surface area (Å²) in [6, 6.07) is 0.906. The van der Waals surface area contributed by atoms with Crippen molar-refractivity contribution in [3.8, 4) is 0 Å². The minimum atomic E-state index is -0.181. The van der Waals surface area contributed by atoms with Crippen molar-refractivity contribution in [1.29, 1.82) is 0 Å². The van der Waals surface area contributed by atoms with Crippen LogP contribution in [0.15, 0.2) is 0 Å². The van der Waals surface area contributed by atoms with Crippen LogP contribution in [0.25, 0.3) is 0 Å². The summed E-state index contributed by atoms with van der Waals surface area (Å²) in [4.78, 5) is 2.43. The third kappa shape index (κ3) is 1.21. The van der Waals surface area contributed by atoms with Crippen LogP contribution in [0.1, 0.15) is 6.42 Å². The summed E-state index contributed by atoms with van der Waals surface area (Å²) >= 11 is 0. The third-order valence-corrected chi connectivity index (χ3v) is 3.52. The number of hydrogen-bond donors (Lipinski definition) is 2. The van der Waals surface area contributed by atoms with Crippen molar-refractivity contribution in [3.63, 3.8) is 0 Å². The van der Waals surface area contributed by atoms with Gasteiger partial charge in [0, 0.05) is 31.7 Å². The lowest BCUT2D eigenvalue weighted by molar-refractivity contribution is -0.00950. The molecule has 4 nitrogen and oxygen atoms in total. The molecule has 0 amide bonds. The molecule has 0 spiro atoms. The first-order chi connectivity index (χ1) is 6.34. The molecule has 0 saturated carbocycles. The Kier molecular flexibility index (Phi) is 1.83. The lowest BCUT2D eigenvalue weighted by Gasteiger charge is -2.33. The number of aliphatic hydroxyl groups excluding tert-OH is 1. The number of ether oxygens (including phenoxy) is 1. The molecule has 0 aromatic rings. The van der Waals surface area contributed by atoms with E-state index in [1.165, 1.54) is 6.42 Å². The molecule has 13 heavy (non-hydrogen) atoms. The summed E-state index contributed by atoms with van der Waals surface area (Å²) in [6.45, 7) is 3.58. The second kappa shape index (κ2) is 2.92. The Hall–Kier alpha value is -0.160. The summed E-state index contributed by atoms with van der Waals surface area (Å²) in [7, 11) is 0. The zero-order valence-corrected chi connectivity index (χ0v) is 7.65. The number of hydrogen-bond acceptors (Lipinski definition) is 4. The highest BCUT2D eigenvalue weighted by molar-refractivity contribution is 4.99.